The summed E-state index contributed by atoms with van der Waals surface area (Å²) in [5.74, 6) is -0.398. The molecular formula is C13H24N2O3. The molecule has 5 heteroatoms. The minimum absolute atomic E-state index is 0.0260. The van der Waals surface area contributed by atoms with Crippen LogP contribution in [0.5, 0.6) is 0 Å². The predicted molar refractivity (Wildman–Crippen MR) is 69.3 cm³/mol. The molecule has 2 atom stereocenters. The fourth-order valence-corrected chi connectivity index (χ4v) is 2.35. The largest absolute Gasteiger partial charge is 0.481 e. The van der Waals surface area contributed by atoms with Crippen LogP contribution in [0.25, 0.3) is 0 Å². The van der Waals surface area contributed by atoms with E-state index in [1.54, 1.807) is 0 Å². The van der Waals surface area contributed by atoms with Crippen molar-refractivity contribution in [1.29, 1.82) is 0 Å². The van der Waals surface area contributed by atoms with Crippen molar-refractivity contribution < 1.29 is 14.7 Å². The van der Waals surface area contributed by atoms with Gasteiger partial charge in [-0.2, -0.15) is 0 Å². The Morgan fingerprint density at radius 3 is 2.78 bits per heavy atom. The summed E-state index contributed by atoms with van der Waals surface area (Å²) >= 11 is 0. The number of amides is 1. The molecule has 2 unspecified atom stereocenters. The van der Waals surface area contributed by atoms with E-state index in [2.05, 4.69) is 24.1 Å². The van der Waals surface area contributed by atoms with Gasteiger partial charge in [-0.15, -0.1) is 0 Å². The van der Waals surface area contributed by atoms with Crippen LogP contribution in [0.15, 0.2) is 0 Å². The van der Waals surface area contributed by atoms with E-state index in [9.17, 15) is 9.59 Å². The first-order valence-electron chi connectivity index (χ1n) is 6.66. The van der Waals surface area contributed by atoms with Crippen LogP contribution in [0.4, 0.5) is 0 Å². The molecule has 1 aliphatic rings. The Labute approximate surface area is 109 Å². The zero-order chi connectivity index (χ0) is 13.7. The molecule has 0 aromatic carbocycles. The number of carbonyl (C=O) groups is 2. The standard InChI is InChI=1S/C13H24N2O3/c1-9(2)8-15-7-6-10(3)14-13(18)11(15)4-5-12(16)17/h9-11H,4-8H2,1-3H3,(H,14,18)(H,16,17). The highest BCUT2D eigenvalue weighted by Gasteiger charge is 2.30. The van der Waals surface area contributed by atoms with Gasteiger partial charge in [0.1, 0.15) is 0 Å². The zero-order valence-electron chi connectivity index (χ0n) is 11.5. The molecule has 0 bridgehead atoms. The van der Waals surface area contributed by atoms with Gasteiger partial charge in [-0.3, -0.25) is 14.5 Å². The number of hydrogen-bond acceptors (Lipinski definition) is 3. The highest BCUT2D eigenvalue weighted by Crippen LogP contribution is 2.15. The molecule has 104 valence electrons. The summed E-state index contributed by atoms with van der Waals surface area (Å²) in [4.78, 5) is 24.9. The Kier molecular flexibility index (Phi) is 5.59. The lowest BCUT2D eigenvalue weighted by Gasteiger charge is -2.29. The molecule has 0 aliphatic carbocycles. The summed E-state index contributed by atoms with van der Waals surface area (Å²) in [5.41, 5.74) is 0. The summed E-state index contributed by atoms with van der Waals surface area (Å²) < 4.78 is 0. The molecule has 1 amide bonds. The molecule has 2 N–H and O–H groups in total. The second-order valence-electron chi connectivity index (χ2n) is 5.54. The van der Waals surface area contributed by atoms with Crippen LogP contribution in [-0.2, 0) is 9.59 Å². The van der Waals surface area contributed by atoms with Crippen molar-refractivity contribution in [2.45, 2.75) is 52.1 Å². The molecule has 1 fully saturated rings. The number of hydrogen-bond donors (Lipinski definition) is 2. The number of carboxylic acid groups (broad SMARTS) is 1. The molecule has 1 heterocycles. The number of carboxylic acids is 1. The molecule has 0 radical (unpaired) electrons. The van der Waals surface area contributed by atoms with Crippen molar-refractivity contribution in [3.63, 3.8) is 0 Å². The third-order valence-electron chi connectivity index (χ3n) is 3.21. The third kappa shape index (κ3) is 4.64. The van der Waals surface area contributed by atoms with Crippen molar-refractivity contribution in [2.24, 2.45) is 5.92 Å². The van der Waals surface area contributed by atoms with E-state index >= 15 is 0 Å². The van der Waals surface area contributed by atoms with Gasteiger partial charge in [0, 0.05) is 25.6 Å². The molecule has 0 aromatic rings. The number of nitrogens with one attached hydrogen (secondary N) is 1. The Bertz CT molecular complexity index is 305. The van der Waals surface area contributed by atoms with Gasteiger partial charge in [0.25, 0.3) is 0 Å². The van der Waals surface area contributed by atoms with Crippen molar-refractivity contribution >= 4 is 11.9 Å². The van der Waals surface area contributed by atoms with Crippen molar-refractivity contribution in [2.75, 3.05) is 13.1 Å². The molecule has 1 saturated heterocycles. The molecule has 0 aromatic heterocycles. The minimum Gasteiger partial charge on any atom is -0.481 e. The van der Waals surface area contributed by atoms with Gasteiger partial charge in [0.2, 0.25) is 5.91 Å². The average Bonchev–Trinajstić information content (AvgIpc) is 2.35. The van der Waals surface area contributed by atoms with E-state index < -0.39 is 5.97 Å². The van der Waals surface area contributed by atoms with Crippen molar-refractivity contribution in [3.05, 3.63) is 0 Å². The van der Waals surface area contributed by atoms with Crippen LogP contribution in [0.1, 0.15) is 40.0 Å². The van der Waals surface area contributed by atoms with Gasteiger partial charge in [-0.1, -0.05) is 13.8 Å². The van der Waals surface area contributed by atoms with Crippen LogP contribution < -0.4 is 5.32 Å². The summed E-state index contributed by atoms with van der Waals surface area (Å²) in [6, 6.07) is -0.129. The van der Waals surface area contributed by atoms with Crippen LogP contribution >= 0.6 is 0 Å². The second kappa shape index (κ2) is 6.73. The van der Waals surface area contributed by atoms with E-state index in [-0.39, 0.29) is 24.4 Å². The second-order valence-corrected chi connectivity index (χ2v) is 5.54. The fourth-order valence-electron chi connectivity index (χ4n) is 2.35. The minimum atomic E-state index is -0.843. The van der Waals surface area contributed by atoms with Crippen molar-refractivity contribution in [3.8, 4) is 0 Å². The lowest BCUT2D eigenvalue weighted by atomic mass is 10.1. The topological polar surface area (TPSA) is 69.6 Å². The summed E-state index contributed by atoms with van der Waals surface area (Å²) in [5, 5.41) is 11.7. The molecule has 1 rings (SSSR count). The lowest BCUT2D eigenvalue weighted by molar-refractivity contribution is -0.137. The maximum Gasteiger partial charge on any atom is 0.303 e. The average molecular weight is 256 g/mol. The van der Waals surface area contributed by atoms with Gasteiger partial charge in [-0.05, 0) is 25.7 Å². The van der Waals surface area contributed by atoms with Gasteiger partial charge in [0.05, 0.1) is 6.04 Å². The van der Waals surface area contributed by atoms with Crippen LogP contribution in [0.2, 0.25) is 0 Å². The van der Waals surface area contributed by atoms with Crippen LogP contribution in [0.3, 0.4) is 0 Å². The molecular weight excluding hydrogens is 232 g/mol. The lowest BCUT2D eigenvalue weighted by Crippen LogP contribution is -2.46. The third-order valence-corrected chi connectivity index (χ3v) is 3.21. The normalized spacial score (nSPS) is 25.9. The first-order valence-corrected chi connectivity index (χ1v) is 6.66. The zero-order valence-corrected chi connectivity index (χ0v) is 11.5. The first-order chi connectivity index (χ1) is 8.40. The van der Waals surface area contributed by atoms with E-state index in [1.807, 2.05) is 6.92 Å². The summed E-state index contributed by atoms with van der Waals surface area (Å²) in [6.45, 7) is 7.90. The van der Waals surface area contributed by atoms with E-state index in [1.165, 1.54) is 0 Å². The molecule has 0 saturated carbocycles. The maximum absolute atomic E-state index is 12.1. The molecule has 1 aliphatic heterocycles. The first kappa shape index (κ1) is 15.0. The Morgan fingerprint density at radius 2 is 2.22 bits per heavy atom. The van der Waals surface area contributed by atoms with Gasteiger partial charge in [-0.25, -0.2) is 0 Å². The maximum atomic E-state index is 12.1. The Hall–Kier alpha value is -1.10. The predicted octanol–water partition coefficient (Wildman–Crippen LogP) is 1.09. The van der Waals surface area contributed by atoms with E-state index in [4.69, 9.17) is 5.11 Å². The number of carbonyl (C=O) groups excluding carboxylic acids is 1. The molecule has 18 heavy (non-hydrogen) atoms. The molecule has 0 spiro atoms. The number of rotatable bonds is 5. The number of nitrogens with zero attached hydrogens (tertiary/aromatic N) is 1. The van der Waals surface area contributed by atoms with Crippen LogP contribution in [-0.4, -0.2) is 47.1 Å². The monoisotopic (exact) mass is 256 g/mol. The highest BCUT2D eigenvalue weighted by atomic mass is 16.4. The summed E-state index contributed by atoms with van der Waals surface area (Å²) in [7, 11) is 0. The van der Waals surface area contributed by atoms with Crippen LogP contribution in [0, 0.1) is 5.92 Å². The van der Waals surface area contributed by atoms with E-state index in [0.29, 0.717) is 12.3 Å². The smallest absolute Gasteiger partial charge is 0.303 e. The fraction of sp³-hybridized carbons (Fsp3) is 0.846. The Morgan fingerprint density at radius 1 is 1.56 bits per heavy atom. The van der Waals surface area contributed by atoms with Crippen molar-refractivity contribution in [1.82, 2.24) is 10.2 Å². The highest BCUT2D eigenvalue weighted by molar-refractivity contribution is 5.83. The summed E-state index contributed by atoms with van der Waals surface area (Å²) in [6.07, 6.45) is 1.35. The quantitative estimate of drug-likeness (QED) is 0.772. The van der Waals surface area contributed by atoms with E-state index in [0.717, 1.165) is 19.5 Å². The SMILES string of the molecule is CC(C)CN1CCC(C)NC(=O)C1CCC(=O)O. The Balaban J connectivity index is 2.72. The van der Waals surface area contributed by atoms with Gasteiger partial charge >= 0.3 is 5.97 Å². The van der Waals surface area contributed by atoms with Gasteiger partial charge < -0.3 is 10.4 Å². The molecule has 5 nitrogen and oxygen atoms in total. The van der Waals surface area contributed by atoms with Gasteiger partial charge in [0.15, 0.2) is 0 Å². The number of aliphatic carboxylic acids is 1.